The lowest BCUT2D eigenvalue weighted by atomic mass is 9.99. The number of esters is 1. The van der Waals surface area contributed by atoms with Crippen LogP contribution in [0.5, 0.6) is 0 Å². The molecule has 2 saturated carbocycles. The number of carbonyl (C=O) groups is 1. The Bertz CT molecular complexity index is 474. The van der Waals surface area contributed by atoms with Gasteiger partial charge >= 0.3 is 5.97 Å². The first kappa shape index (κ1) is 17.5. The number of hydrogen-bond donors (Lipinski definition) is 1. The van der Waals surface area contributed by atoms with Gasteiger partial charge in [0.15, 0.2) is 5.96 Å². The van der Waals surface area contributed by atoms with E-state index in [-0.39, 0.29) is 11.9 Å². The van der Waals surface area contributed by atoms with Crippen molar-refractivity contribution >= 4 is 11.9 Å². The van der Waals surface area contributed by atoms with Gasteiger partial charge < -0.3 is 15.0 Å². The SMILES string of the molecule is CN=C(NCCN(CC1CC1)C1CC1)N1CC(C)C(C(=O)OC)C1. The molecule has 6 heteroatoms. The first-order valence-electron chi connectivity index (χ1n) is 9.39. The second kappa shape index (κ2) is 7.72. The Labute approximate surface area is 145 Å². The fourth-order valence-corrected chi connectivity index (χ4v) is 3.74. The highest BCUT2D eigenvalue weighted by atomic mass is 16.5. The maximum absolute atomic E-state index is 11.9. The summed E-state index contributed by atoms with van der Waals surface area (Å²) in [6.45, 7) is 6.94. The van der Waals surface area contributed by atoms with Crippen LogP contribution >= 0.6 is 0 Å². The lowest BCUT2D eigenvalue weighted by molar-refractivity contribution is -0.145. The van der Waals surface area contributed by atoms with Gasteiger partial charge in [-0.15, -0.1) is 0 Å². The summed E-state index contributed by atoms with van der Waals surface area (Å²) in [7, 11) is 3.29. The molecule has 24 heavy (non-hydrogen) atoms. The van der Waals surface area contributed by atoms with Crippen LogP contribution in [0, 0.1) is 17.8 Å². The van der Waals surface area contributed by atoms with Crippen molar-refractivity contribution in [1.29, 1.82) is 0 Å². The summed E-state index contributed by atoms with van der Waals surface area (Å²) in [4.78, 5) is 21.1. The van der Waals surface area contributed by atoms with Gasteiger partial charge in [-0.05, 0) is 37.5 Å². The van der Waals surface area contributed by atoms with E-state index < -0.39 is 0 Å². The van der Waals surface area contributed by atoms with Crippen molar-refractivity contribution in [3.8, 4) is 0 Å². The molecule has 3 rings (SSSR count). The topological polar surface area (TPSA) is 57.2 Å². The van der Waals surface area contributed by atoms with E-state index in [9.17, 15) is 4.79 Å². The number of nitrogens with zero attached hydrogens (tertiary/aromatic N) is 3. The third-order valence-electron chi connectivity index (χ3n) is 5.56. The quantitative estimate of drug-likeness (QED) is 0.430. The largest absolute Gasteiger partial charge is 0.469 e. The zero-order valence-electron chi connectivity index (χ0n) is 15.3. The molecule has 2 aliphatic carbocycles. The normalized spacial score (nSPS) is 27.7. The van der Waals surface area contributed by atoms with Crippen molar-refractivity contribution in [3.05, 3.63) is 0 Å². The molecule has 3 aliphatic rings. The highest BCUT2D eigenvalue weighted by Gasteiger charge is 2.37. The molecule has 0 aromatic rings. The molecular weight excluding hydrogens is 304 g/mol. The van der Waals surface area contributed by atoms with E-state index in [0.717, 1.165) is 37.6 Å². The van der Waals surface area contributed by atoms with Gasteiger partial charge in [0.2, 0.25) is 0 Å². The number of aliphatic imine (C=N–C) groups is 1. The van der Waals surface area contributed by atoms with Crippen molar-refractivity contribution < 1.29 is 9.53 Å². The van der Waals surface area contributed by atoms with Crippen LogP contribution in [0.25, 0.3) is 0 Å². The second-order valence-corrected chi connectivity index (χ2v) is 7.66. The molecule has 3 fully saturated rings. The van der Waals surface area contributed by atoms with Gasteiger partial charge in [0.25, 0.3) is 0 Å². The van der Waals surface area contributed by atoms with Crippen LogP contribution < -0.4 is 5.32 Å². The van der Waals surface area contributed by atoms with Crippen molar-refractivity contribution in [1.82, 2.24) is 15.1 Å². The summed E-state index contributed by atoms with van der Waals surface area (Å²) in [6, 6.07) is 0.824. The Morgan fingerprint density at radius 1 is 1.29 bits per heavy atom. The van der Waals surface area contributed by atoms with Gasteiger partial charge in [0, 0.05) is 45.8 Å². The van der Waals surface area contributed by atoms with Crippen LogP contribution in [0.4, 0.5) is 0 Å². The molecule has 1 saturated heterocycles. The van der Waals surface area contributed by atoms with Crippen LogP contribution in [0.15, 0.2) is 4.99 Å². The van der Waals surface area contributed by atoms with Gasteiger partial charge in [-0.3, -0.25) is 14.7 Å². The summed E-state index contributed by atoms with van der Waals surface area (Å²) in [6.07, 6.45) is 5.57. The number of ether oxygens (including phenoxy) is 1. The Hall–Kier alpha value is -1.30. The molecule has 1 N–H and O–H groups in total. The molecule has 0 aromatic heterocycles. The van der Waals surface area contributed by atoms with Crippen molar-refractivity contribution in [2.75, 3.05) is 46.9 Å². The smallest absolute Gasteiger partial charge is 0.310 e. The van der Waals surface area contributed by atoms with Crippen LogP contribution in [0.2, 0.25) is 0 Å². The molecule has 0 bridgehead atoms. The Morgan fingerprint density at radius 3 is 2.62 bits per heavy atom. The molecule has 2 unspecified atom stereocenters. The van der Waals surface area contributed by atoms with E-state index in [1.807, 2.05) is 7.05 Å². The van der Waals surface area contributed by atoms with Crippen LogP contribution in [0.1, 0.15) is 32.6 Å². The van der Waals surface area contributed by atoms with Crippen LogP contribution in [0.3, 0.4) is 0 Å². The lowest BCUT2D eigenvalue weighted by Crippen LogP contribution is -2.44. The number of nitrogens with one attached hydrogen (secondary N) is 1. The molecule has 0 amide bonds. The number of guanidine groups is 1. The molecule has 0 aromatic carbocycles. The third kappa shape index (κ3) is 4.41. The Morgan fingerprint density at radius 2 is 2.04 bits per heavy atom. The van der Waals surface area contributed by atoms with E-state index >= 15 is 0 Å². The first-order chi connectivity index (χ1) is 11.6. The molecule has 6 nitrogen and oxygen atoms in total. The highest BCUT2D eigenvalue weighted by Crippen LogP contribution is 2.34. The van der Waals surface area contributed by atoms with Crippen LogP contribution in [-0.2, 0) is 9.53 Å². The zero-order chi connectivity index (χ0) is 17.1. The minimum Gasteiger partial charge on any atom is -0.469 e. The highest BCUT2D eigenvalue weighted by molar-refractivity contribution is 5.82. The third-order valence-corrected chi connectivity index (χ3v) is 5.56. The number of carbonyl (C=O) groups excluding carboxylic acids is 1. The second-order valence-electron chi connectivity index (χ2n) is 7.66. The molecule has 0 radical (unpaired) electrons. The van der Waals surface area contributed by atoms with E-state index in [1.54, 1.807) is 0 Å². The average Bonchev–Trinajstić information content (AvgIpc) is 3.48. The lowest BCUT2D eigenvalue weighted by Gasteiger charge is -2.25. The fourth-order valence-electron chi connectivity index (χ4n) is 3.74. The van der Waals surface area contributed by atoms with E-state index in [0.29, 0.717) is 12.5 Å². The zero-order valence-corrected chi connectivity index (χ0v) is 15.3. The van der Waals surface area contributed by atoms with Gasteiger partial charge in [0.05, 0.1) is 13.0 Å². The van der Waals surface area contributed by atoms with Crippen molar-refractivity contribution in [3.63, 3.8) is 0 Å². The van der Waals surface area contributed by atoms with Gasteiger partial charge in [0.1, 0.15) is 0 Å². The Balaban J connectivity index is 1.45. The summed E-state index contributed by atoms with van der Waals surface area (Å²) < 4.78 is 4.92. The fraction of sp³-hybridized carbons (Fsp3) is 0.889. The molecule has 0 spiro atoms. The van der Waals surface area contributed by atoms with E-state index in [4.69, 9.17) is 4.74 Å². The summed E-state index contributed by atoms with van der Waals surface area (Å²) >= 11 is 0. The molecule has 2 atom stereocenters. The van der Waals surface area contributed by atoms with Crippen LogP contribution in [-0.4, -0.2) is 74.7 Å². The Kier molecular flexibility index (Phi) is 5.64. The standard InChI is InChI=1S/C18H32N4O2/c1-13-10-22(12-16(13)17(23)24-3)18(19-2)20-8-9-21(15-6-7-15)11-14-4-5-14/h13-16H,4-12H2,1-3H3,(H,19,20). The van der Waals surface area contributed by atoms with Gasteiger partial charge in [-0.2, -0.15) is 0 Å². The summed E-state index contributed by atoms with van der Waals surface area (Å²) in [5.41, 5.74) is 0. The number of methoxy groups -OCH3 is 1. The maximum atomic E-state index is 11.9. The number of hydrogen-bond acceptors (Lipinski definition) is 4. The number of rotatable bonds is 7. The van der Waals surface area contributed by atoms with E-state index in [2.05, 4.69) is 27.0 Å². The predicted octanol–water partition coefficient (Wildman–Crippen LogP) is 1.18. The molecule has 136 valence electrons. The average molecular weight is 336 g/mol. The van der Waals surface area contributed by atoms with Gasteiger partial charge in [-0.25, -0.2) is 0 Å². The first-order valence-corrected chi connectivity index (χ1v) is 9.39. The van der Waals surface area contributed by atoms with Crippen molar-refractivity contribution in [2.24, 2.45) is 22.7 Å². The molecule has 1 heterocycles. The van der Waals surface area contributed by atoms with E-state index in [1.165, 1.54) is 39.3 Å². The molecule has 1 aliphatic heterocycles. The summed E-state index contributed by atoms with van der Waals surface area (Å²) in [5.74, 6) is 2.01. The van der Waals surface area contributed by atoms with Gasteiger partial charge in [-0.1, -0.05) is 6.92 Å². The summed E-state index contributed by atoms with van der Waals surface area (Å²) in [5, 5.41) is 3.50. The number of likely N-dealkylation sites (tertiary alicyclic amines) is 1. The predicted molar refractivity (Wildman–Crippen MR) is 94.9 cm³/mol. The van der Waals surface area contributed by atoms with Crippen molar-refractivity contribution in [2.45, 2.75) is 38.6 Å². The minimum absolute atomic E-state index is 0.0496. The monoisotopic (exact) mass is 336 g/mol. The molecular formula is C18H32N4O2. The minimum atomic E-state index is -0.107. The maximum Gasteiger partial charge on any atom is 0.310 e.